The molecule has 4 aromatic rings. The third-order valence-electron chi connectivity index (χ3n) is 9.87. The van der Waals surface area contributed by atoms with Gasteiger partial charge < -0.3 is 24.0 Å². The van der Waals surface area contributed by atoms with Crippen LogP contribution in [0.5, 0.6) is 0 Å². The summed E-state index contributed by atoms with van der Waals surface area (Å²) in [5.41, 5.74) is 3.94. The van der Waals surface area contributed by atoms with Crippen molar-refractivity contribution in [1.29, 1.82) is 0 Å². The van der Waals surface area contributed by atoms with Crippen LogP contribution in [0.4, 0.5) is 16.4 Å². The van der Waals surface area contributed by atoms with Gasteiger partial charge in [-0.05, 0) is 67.7 Å². The lowest BCUT2D eigenvalue weighted by Gasteiger charge is -2.42. The number of carbonyl (C=O) groups is 1. The van der Waals surface area contributed by atoms with Crippen LogP contribution < -0.4 is 9.80 Å². The Balaban J connectivity index is 1.40. The number of hydrogen-bond acceptors (Lipinski definition) is 9. The number of aromatic nitrogens is 4. The summed E-state index contributed by atoms with van der Waals surface area (Å²) in [6.45, 7) is 23.3. The number of nitrogens with zero attached hydrogens (tertiary/aromatic N) is 7. The molecule has 6 rings (SSSR count). The zero-order valence-electron chi connectivity index (χ0n) is 33.6. The molecular weight excluding hydrogens is 779 g/mol. The van der Waals surface area contributed by atoms with Crippen molar-refractivity contribution in [1.82, 2.24) is 24.5 Å². The Bertz CT molecular complexity index is 1860. The first-order valence-corrected chi connectivity index (χ1v) is 27.4. The maximum atomic E-state index is 13.4. The molecule has 2 aliphatic rings. The zero-order valence-corrected chi connectivity index (χ0v) is 37.1. The van der Waals surface area contributed by atoms with Crippen molar-refractivity contribution >= 4 is 55.5 Å². The molecule has 0 spiro atoms. The lowest BCUT2D eigenvalue weighted by atomic mass is 10.1. The monoisotopic (exact) mass is 835 g/mol. The quantitative estimate of drug-likeness (QED) is 0.0700. The third kappa shape index (κ3) is 9.92. The van der Waals surface area contributed by atoms with E-state index in [1.54, 1.807) is 0 Å². The van der Waals surface area contributed by atoms with Gasteiger partial charge in [0.1, 0.15) is 29.4 Å². The Labute approximate surface area is 331 Å². The van der Waals surface area contributed by atoms with Crippen molar-refractivity contribution in [2.24, 2.45) is 0 Å². The topological polar surface area (TPSA) is 97.6 Å². The van der Waals surface area contributed by atoms with Gasteiger partial charge in [0.25, 0.3) is 0 Å². The smallest absolute Gasteiger partial charge is 0.410 e. The van der Waals surface area contributed by atoms with Gasteiger partial charge in [0, 0.05) is 65.3 Å². The normalized spacial score (nSPS) is 17.7. The average Bonchev–Trinajstić information content (AvgIpc) is 3.63. The number of halogens is 1. The fraction of sp³-hybridized carbons (Fsp3) is 0.550. The molecule has 0 N–H and O–H groups in total. The average molecular weight is 837 g/mol. The highest BCUT2D eigenvalue weighted by Crippen LogP contribution is 2.41. The van der Waals surface area contributed by atoms with Gasteiger partial charge in [0.15, 0.2) is 11.5 Å². The molecule has 0 saturated carbocycles. The van der Waals surface area contributed by atoms with Crippen LogP contribution in [0.15, 0.2) is 59.3 Å². The molecule has 2 unspecified atom stereocenters. The second kappa shape index (κ2) is 16.4. The predicted molar refractivity (Wildman–Crippen MR) is 227 cm³/mol. The van der Waals surface area contributed by atoms with E-state index in [0.717, 1.165) is 63.4 Å². The van der Waals surface area contributed by atoms with Crippen LogP contribution in [0.1, 0.15) is 33.6 Å². The molecule has 2 saturated heterocycles. The number of rotatable bonds is 14. The summed E-state index contributed by atoms with van der Waals surface area (Å²) in [6.07, 6.45) is 5.39. The summed E-state index contributed by atoms with van der Waals surface area (Å²) in [7, 11) is -2.60. The van der Waals surface area contributed by atoms with Gasteiger partial charge in [-0.3, -0.25) is 9.88 Å². The number of carbonyl (C=O) groups excluding carboxylic acids is 1. The van der Waals surface area contributed by atoms with Crippen LogP contribution in [0.25, 0.3) is 28.0 Å². The minimum absolute atomic E-state index is 0.0250. The van der Waals surface area contributed by atoms with Gasteiger partial charge >= 0.3 is 6.09 Å². The van der Waals surface area contributed by atoms with Gasteiger partial charge in [0.05, 0.1) is 24.0 Å². The largest absolute Gasteiger partial charge is 0.444 e. The highest BCUT2D eigenvalue weighted by molar-refractivity contribution is 9.10. The second-order valence-corrected chi connectivity index (χ2v) is 30.1. The molecule has 3 aromatic heterocycles. The molecule has 2 aliphatic heterocycles. The summed E-state index contributed by atoms with van der Waals surface area (Å²) in [4.78, 5) is 30.0. The van der Waals surface area contributed by atoms with E-state index in [1.165, 1.54) is 0 Å². The highest BCUT2D eigenvalue weighted by atomic mass is 79.9. The lowest BCUT2D eigenvalue weighted by molar-refractivity contribution is 0.0122. The Morgan fingerprint density at radius 3 is 2.02 bits per heavy atom. The molecular formula is C40H58BrN7O4Si2. The fourth-order valence-electron chi connectivity index (χ4n) is 6.92. The van der Waals surface area contributed by atoms with Crippen LogP contribution in [0.3, 0.4) is 0 Å². The highest BCUT2D eigenvalue weighted by Gasteiger charge is 2.45. The van der Waals surface area contributed by atoms with Crippen LogP contribution >= 0.6 is 15.9 Å². The molecule has 2 atom stereocenters. The van der Waals surface area contributed by atoms with Crippen LogP contribution in [0.2, 0.25) is 51.4 Å². The number of fused-ring (bicyclic) bond motifs is 3. The number of amides is 1. The first-order chi connectivity index (χ1) is 25.5. The van der Waals surface area contributed by atoms with E-state index in [0.29, 0.717) is 45.4 Å². The maximum absolute atomic E-state index is 13.4. The molecule has 11 nitrogen and oxygen atoms in total. The first kappa shape index (κ1) is 40.4. The van der Waals surface area contributed by atoms with E-state index in [4.69, 9.17) is 29.3 Å². The summed E-state index contributed by atoms with van der Waals surface area (Å²) in [5, 5.41) is 4.96. The number of anilines is 2. The van der Waals surface area contributed by atoms with Crippen molar-refractivity contribution in [2.75, 3.05) is 49.6 Å². The molecule has 0 aliphatic carbocycles. The number of ether oxygens (including phenoxy) is 3. The van der Waals surface area contributed by atoms with Gasteiger partial charge in [-0.25, -0.2) is 9.78 Å². The second-order valence-electron chi connectivity index (χ2n) is 18.1. The van der Waals surface area contributed by atoms with E-state index in [2.05, 4.69) is 83.2 Å². The van der Waals surface area contributed by atoms with E-state index in [-0.39, 0.29) is 18.2 Å². The molecule has 2 fully saturated rings. The van der Waals surface area contributed by atoms with E-state index in [1.807, 2.05) is 66.8 Å². The number of benzene rings is 1. The van der Waals surface area contributed by atoms with Gasteiger partial charge in [-0.1, -0.05) is 75.7 Å². The summed E-state index contributed by atoms with van der Waals surface area (Å²) in [6, 6.07) is 16.5. The summed E-state index contributed by atoms with van der Waals surface area (Å²) < 4.78 is 21.4. The first-order valence-electron chi connectivity index (χ1n) is 19.2. The lowest BCUT2D eigenvalue weighted by Crippen LogP contribution is -2.57. The number of hydrogen-bond donors (Lipinski definition) is 0. The standard InChI is InChI=1S/C40H58BrN7O4Si2/c1-40(2,3)52-39(49)47-31-16-17-32(47)26-45(25-31)37-35(41)38(46(27-50-19-21-53(4,5)6)28-51-20-22-54(7,8)9)48-36(44-37)33(24-43-48)30-15-18-34(42-23-30)29-13-11-10-12-14-29/h10-15,18,23-24,31-32H,16-17,19-22,25-28H2,1-9H3. The van der Waals surface area contributed by atoms with Crippen molar-refractivity contribution in [3.8, 4) is 22.4 Å². The van der Waals surface area contributed by atoms with Gasteiger partial charge in [-0.2, -0.15) is 9.61 Å². The van der Waals surface area contributed by atoms with Crippen molar-refractivity contribution < 1.29 is 19.0 Å². The van der Waals surface area contributed by atoms with Crippen molar-refractivity contribution in [3.63, 3.8) is 0 Å². The van der Waals surface area contributed by atoms with E-state index in [9.17, 15) is 4.79 Å². The predicted octanol–water partition coefficient (Wildman–Crippen LogP) is 9.24. The Morgan fingerprint density at radius 1 is 0.870 bits per heavy atom. The van der Waals surface area contributed by atoms with Crippen LogP contribution in [-0.2, 0) is 14.2 Å². The molecule has 14 heteroatoms. The summed E-state index contributed by atoms with van der Waals surface area (Å²) in [5.74, 6) is 1.63. The fourth-order valence-corrected chi connectivity index (χ4v) is 9.19. The Hall–Kier alpha value is -3.31. The Kier molecular flexibility index (Phi) is 12.3. The van der Waals surface area contributed by atoms with Crippen LogP contribution in [0, 0.1) is 0 Å². The molecule has 0 radical (unpaired) electrons. The van der Waals surface area contributed by atoms with Crippen LogP contribution in [-0.4, -0.2) is 104 Å². The van der Waals surface area contributed by atoms with Gasteiger partial charge in [0.2, 0.25) is 0 Å². The van der Waals surface area contributed by atoms with E-state index < -0.39 is 21.7 Å². The third-order valence-corrected chi connectivity index (χ3v) is 14.0. The minimum Gasteiger partial charge on any atom is -0.444 e. The minimum atomic E-state index is -1.30. The SMILES string of the molecule is CC(C)(C)OC(=O)N1C2CCC1CN(c1nc3c(-c4ccc(-c5ccccc5)nc4)cnn3c(N(COCC[Si](C)(C)C)COCC[Si](C)(C)C)c1Br)C2. The van der Waals surface area contributed by atoms with Gasteiger partial charge in [-0.15, -0.1) is 0 Å². The molecule has 2 bridgehead atoms. The summed E-state index contributed by atoms with van der Waals surface area (Å²) >= 11 is 4.04. The molecule has 5 heterocycles. The molecule has 292 valence electrons. The van der Waals surface area contributed by atoms with E-state index >= 15 is 0 Å². The molecule has 1 amide bonds. The Morgan fingerprint density at radius 2 is 1.48 bits per heavy atom. The van der Waals surface area contributed by atoms with Crippen molar-refractivity contribution in [3.05, 3.63) is 59.3 Å². The molecule has 54 heavy (non-hydrogen) atoms. The molecule has 1 aromatic carbocycles. The maximum Gasteiger partial charge on any atom is 0.410 e. The van der Waals surface area contributed by atoms with Crippen molar-refractivity contribution in [2.45, 2.75) is 103 Å². The number of pyridine rings is 1. The number of piperazine rings is 1. The zero-order chi connectivity index (χ0) is 38.8.